The minimum Gasteiger partial charge on any atom is -0.466 e. The molecule has 1 amide bonds. The van der Waals surface area contributed by atoms with Gasteiger partial charge in [0, 0.05) is 26.1 Å². The Morgan fingerprint density at radius 3 is 2.64 bits per heavy atom. The van der Waals surface area contributed by atoms with Crippen molar-refractivity contribution in [2.24, 2.45) is 5.92 Å². The van der Waals surface area contributed by atoms with Crippen LogP contribution in [-0.2, 0) is 20.9 Å². The van der Waals surface area contributed by atoms with E-state index < -0.39 is 0 Å². The molecule has 0 atom stereocenters. The lowest BCUT2D eigenvalue weighted by molar-refractivity contribution is -0.151. The van der Waals surface area contributed by atoms with Crippen LogP contribution in [0.2, 0.25) is 0 Å². The zero-order valence-electron chi connectivity index (χ0n) is 16.6. The highest BCUT2D eigenvalue weighted by Gasteiger charge is 2.28. The molecule has 0 bridgehead atoms. The van der Waals surface area contributed by atoms with Crippen LogP contribution in [0.4, 0.5) is 0 Å². The monoisotopic (exact) mass is 390 g/mol. The Kier molecular flexibility index (Phi) is 6.11. The number of amides is 1. The maximum Gasteiger partial charge on any atom is 0.309 e. The summed E-state index contributed by atoms with van der Waals surface area (Å²) in [5.41, 5.74) is 0.651. The second-order valence-corrected chi connectivity index (χ2v) is 7.09. The van der Waals surface area contributed by atoms with E-state index in [4.69, 9.17) is 9.26 Å². The lowest BCUT2D eigenvalue weighted by atomic mass is 9.97. The smallest absolute Gasteiger partial charge is 0.309 e. The van der Waals surface area contributed by atoms with Crippen molar-refractivity contribution in [2.45, 2.75) is 53.0 Å². The molecular weight excluding hydrogens is 364 g/mol. The summed E-state index contributed by atoms with van der Waals surface area (Å²) in [6, 6.07) is 0. The fourth-order valence-corrected chi connectivity index (χ4v) is 3.66. The van der Waals surface area contributed by atoms with Gasteiger partial charge in [-0.2, -0.15) is 5.10 Å². The maximum atomic E-state index is 12.5. The Hall–Kier alpha value is -2.71. The van der Waals surface area contributed by atoms with Gasteiger partial charge in [-0.25, -0.2) is 4.68 Å². The number of piperidine rings is 1. The van der Waals surface area contributed by atoms with Crippen molar-refractivity contribution < 1.29 is 18.8 Å². The van der Waals surface area contributed by atoms with Crippen LogP contribution in [0.15, 0.2) is 9.32 Å². The van der Waals surface area contributed by atoms with E-state index in [1.807, 2.05) is 0 Å². The molecule has 0 radical (unpaired) electrons. The zero-order chi connectivity index (χ0) is 20.3. The number of hydrogen-bond acceptors (Lipinski definition) is 7. The van der Waals surface area contributed by atoms with Crippen molar-refractivity contribution in [1.29, 1.82) is 0 Å². The van der Waals surface area contributed by atoms with Crippen LogP contribution >= 0.6 is 0 Å². The second-order valence-electron chi connectivity index (χ2n) is 7.09. The van der Waals surface area contributed by atoms with Crippen LogP contribution in [0.25, 0.3) is 10.9 Å². The Balaban J connectivity index is 1.53. The molecule has 152 valence electrons. The summed E-state index contributed by atoms with van der Waals surface area (Å²) in [5, 5.41) is 8.80. The third-order valence-electron chi connectivity index (χ3n) is 5.16. The van der Waals surface area contributed by atoms with Crippen molar-refractivity contribution >= 4 is 22.8 Å². The summed E-state index contributed by atoms with van der Waals surface area (Å²) in [4.78, 5) is 38.5. The molecule has 9 nitrogen and oxygen atoms in total. The lowest BCUT2D eigenvalue weighted by Gasteiger charge is -2.31. The molecule has 0 aliphatic carbocycles. The largest absolute Gasteiger partial charge is 0.466 e. The van der Waals surface area contributed by atoms with Crippen LogP contribution in [-0.4, -0.2) is 51.4 Å². The number of fused-ring (bicyclic) bond motifs is 1. The standard InChI is InChI=1S/C19H26N4O5/c1-4-27-19(26)14-7-10-22(11-8-14)15(24)6-5-9-23-18(25)17-16(12(2)20-23)13(3)28-21-17/h14H,4-11H2,1-3H3. The molecule has 2 aromatic rings. The Bertz CT molecular complexity index is 924. The number of ether oxygens (including phenoxy) is 1. The SMILES string of the molecule is CCOC(=O)C1CCN(C(=O)CCCn2nc(C)c3c(C)onc3c2=O)CC1. The predicted molar refractivity (Wildman–Crippen MR) is 101 cm³/mol. The summed E-state index contributed by atoms with van der Waals surface area (Å²) in [7, 11) is 0. The van der Waals surface area contributed by atoms with Gasteiger partial charge in [0.05, 0.1) is 23.6 Å². The summed E-state index contributed by atoms with van der Waals surface area (Å²) >= 11 is 0. The molecule has 0 aromatic carbocycles. The number of rotatable bonds is 6. The van der Waals surface area contributed by atoms with Gasteiger partial charge in [-0.3, -0.25) is 14.4 Å². The maximum absolute atomic E-state index is 12.5. The van der Waals surface area contributed by atoms with E-state index in [1.54, 1.807) is 25.7 Å². The van der Waals surface area contributed by atoms with Gasteiger partial charge in [-0.05, 0) is 40.0 Å². The first-order chi connectivity index (χ1) is 13.4. The number of esters is 1. The third kappa shape index (κ3) is 4.07. The number of aryl methyl sites for hydroxylation is 3. The highest BCUT2D eigenvalue weighted by molar-refractivity contribution is 5.81. The third-order valence-corrected chi connectivity index (χ3v) is 5.16. The average molecular weight is 390 g/mol. The Labute approximate surface area is 162 Å². The number of nitrogens with zero attached hydrogens (tertiary/aromatic N) is 4. The van der Waals surface area contributed by atoms with Gasteiger partial charge >= 0.3 is 5.97 Å². The van der Waals surface area contributed by atoms with Gasteiger partial charge in [0.15, 0.2) is 5.52 Å². The molecule has 2 aromatic heterocycles. The topological polar surface area (TPSA) is 108 Å². The van der Waals surface area contributed by atoms with E-state index in [9.17, 15) is 14.4 Å². The fourth-order valence-electron chi connectivity index (χ4n) is 3.66. The summed E-state index contributed by atoms with van der Waals surface area (Å²) in [6.07, 6.45) is 2.10. The first kappa shape index (κ1) is 20.0. The summed E-state index contributed by atoms with van der Waals surface area (Å²) in [6.45, 7) is 7.18. The molecule has 3 rings (SSSR count). The van der Waals surface area contributed by atoms with E-state index in [1.165, 1.54) is 4.68 Å². The molecule has 1 saturated heterocycles. The Morgan fingerprint density at radius 2 is 1.96 bits per heavy atom. The molecule has 9 heteroatoms. The molecule has 0 saturated carbocycles. The van der Waals surface area contributed by atoms with Crippen molar-refractivity contribution in [1.82, 2.24) is 19.8 Å². The van der Waals surface area contributed by atoms with Crippen molar-refractivity contribution in [3.05, 3.63) is 21.8 Å². The van der Waals surface area contributed by atoms with Crippen LogP contribution in [0.3, 0.4) is 0 Å². The highest BCUT2D eigenvalue weighted by Crippen LogP contribution is 2.20. The number of carbonyl (C=O) groups is 2. The lowest BCUT2D eigenvalue weighted by Crippen LogP contribution is -2.40. The normalized spacial score (nSPS) is 15.2. The van der Waals surface area contributed by atoms with E-state index in [0.717, 1.165) is 0 Å². The van der Waals surface area contributed by atoms with Gasteiger partial charge in [0.25, 0.3) is 5.56 Å². The molecule has 1 aliphatic heterocycles. The first-order valence-corrected chi connectivity index (χ1v) is 9.70. The minimum absolute atomic E-state index is 0.0328. The molecule has 1 aliphatic rings. The van der Waals surface area contributed by atoms with Crippen LogP contribution in [0.5, 0.6) is 0 Å². The van der Waals surface area contributed by atoms with E-state index in [-0.39, 0.29) is 28.9 Å². The summed E-state index contributed by atoms with van der Waals surface area (Å²) in [5.74, 6) is 0.317. The predicted octanol–water partition coefficient (Wildman–Crippen LogP) is 1.58. The molecule has 0 N–H and O–H groups in total. The van der Waals surface area contributed by atoms with Crippen LogP contribution in [0.1, 0.15) is 44.1 Å². The minimum atomic E-state index is -0.305. The first-order valence-electron chi connectivity index (χ1n) is 9.70. The Morgan fingerprint density at radius 1 is 1.25 bits per heavy atom. The quantitative estimate of drug-likeness (QED) is 0.689. The van der Waals surface area contributed by atoms with Crippen LogP contribution < -0.4 is 5.56 Å². The molecule has 3 heterocycles. The molecular formula is C19H26N4O5. The van der Waals surface area contributed by atoms with Gasteiger partial charge in [0.1, 0.15) is 5.76 Å². The molecule has 28 heavy (non-hydrogen) atoms. The number of hydrogen-bond donors (Lipinski definition) is 0. The van der Waals surface area contributed by atoms with Gasteiger partial charge in [-0.1, -0.05) is 5.16 Å². The van der Waals surface area contributed by atoms with Gasteiger partial charge in [-0.15, -0.1) is 0 Å². The van der Waals surface area contributed by atoms with E-state index in [2.05, 4.69) is 10.3 Å². The van der Waals surface area contributed by atoms with Crippen molar-refractivity contribution in [2.75, 3.05) is 19.7 Å². The van der Waals surface area contributed by atoms with E-state index >= 15 is 0 Å². The summed E-state index contributed by atoms with van der Waals surface area (Å²) < 4.78 is 11.5. The van der Waals surface area contributed by atoms with Gasteiger partial charge in [0.2, 0.25) is 5.91 Å². The second kappa shape index (κ2) is 8.53. The molecule has 0 spiro atoms. The van der Waals surface area contributed by atoms with Crippen LogP contribution in [0, 0.1) is 19.8 Å². The van der Waals surface area contributed by atoms with Crippen molar-refractivity contribution in [3.8, 4) is 0 Å². The number of likely N-dealkylation sites (tertiary alicyclic amines) is 1. The number of carbonyl (C=O) groups excluding carboxylic acids is 2. The highest BCUT2D eigenvalue weighted by atomic mass is 16.5. The average Bonchev–Trinajstić information content (AvgIpc) is 3.08. The fraction of sp³-hybridized carbons (Fsp3) is 0.632. The molecule has 0 unspecified atom stereocenters. The zero-order valence-corrected chi connectivity index (χ0v) is 16.6. The van der Waals surface area contributed by atoms with Crippen molar-refractivity contribution in [3.63, 3.8) is 0 Å². The number of aromatic nitrogens is 3. The van der Waals surface area contributed by atoms with E-state index in [0.29, 0.717) is 68.8 Å². The molecule has 1 fully saturated rings. The van der Waals surface area contributed by atoms with Gasteiger partial charge < -0.3 is 14.2 Å².